The van der Waals surface area contributed by atoms with Crippen LogP contribution in [0.4, 0.5) is 0 Å². The van der Waals surface area contributed by atoms with Crippen LogP contribution >= 0.6 is 0 Å². The number of hydrogen-bond acceptors (Lipinski definition) is 10. The Labute approximate surface area is 174 Å². The van der Waals surface area contributed by atoms with E-state index in [1.807, 2.05) is 0 Å². The summed E-state index contributed by atoms with van der Waals surface area (Å²) in [6.07, 6.45) is 0.707. The summed E-state index contributed by atoms with van der Waals surface area (Å²) in [4.78, 5) is 60.1. The molecule has 0 unspecified atom stereocenters. The average Bonchev–Trinajstić information content (AvgIpc) is 2.62. The minimum Gasteiger partial charge on any atom is -0.480 e. The predicted molar refractivity (Wildman–Crippen MR) is 105 cm³/mol. The van der Waals surface area contributed by atoms with Crippen LogP contribution < -0.4 is 11.5 Å². The minimum atomic E-state index is -1.59. The first-order valence-electron chi connectivity index (χ1n) is 9.28. The number of aliphatic carboxylic acids is 3. The van der Waals surface area contributed by atoms with E-state index in [0.29, 0.717) is 6.29 Å². The van der Waals surface area contributed by atoms with Crippen molar-refractivity contribution in [1.82, 2.24) is 14.7 Å². The lowest BCUT2D eigenvalue weighted by molar-refractivity contribution is -0.141. The van der Waals surface area contributed by atoms with E-state index in [1.165, 1.54) is 14.7 Å². The molecule has 172 valence electrons. The highest BCUT2D eigenvalue weighted by Crippen LogP contribution is 2.03. The van der Waals surface area contributed by atoms with Crippen molar-refractivity contribution < 1.29 is 39.3 Å². The van der Waals surface area contributed by atoms with Gasteiger partial charge in [-0.1, -0.05) is 6.92 Å². The van der Waals surface area contributed by atoms with Gasteiger partial charge >= 0.3 is 17.9 Å². The van der Waals surface area contributed by atoms with Crippen molar-refractivity contribution in [1.29, 1.82) is 0 Å². The monoisotopic (exact) mass is 433 g/mol. The topological polar surface area (TPSA) is 208 Å². The van der Waals surface area contributed by atoms with Gasteiger partial charge in [0.25, 0.3) is 0 Å². The van der Waals surface area contributed by atoms with Gasteiger partial charge in [-0.2, -0.15) is 0 Å². The van der Waals surface area contributed by atoms with Crippen LogP contribution in [0.2, 0.25) is 0 Å². The molecule has 0 heterocycles. The van der Waals surface area contributed by atoms with Crippen molar-refractivity contribution in [2.24, 2.45) is 11.5 Å². The molecule has 13 heteroatoms. The Bertz CT molecular complexity index is 613. The third-order valence-electron chi connectivity index (χ3n) is 4.35. The zero-order valence-corrected chi connectivity index (χ0v) is 17.0. The summed E-state index contributed by atoms with van der Waals surface area (Å²) in [5.74, 6) is -3.99. The Morgan fingerprint density at radius 3 is 1.60 bits per heavy atom. The molecule has 13 nitrogen and oxygen atoms in total. The molecule has 0 rings (SSSR count). The van der Waals surface area contributed by atoms with Gasteiger partial charge in [0, 0.05) is 26.2 Å². The molecule has 0 aromatic heterocycles. The van der Waals surface area contributed by atoms with Crippen LogP contribution in [0.5, 0.6) is 0 Å². The number of nitrogens with two attached hydrogens (primary N) is 2. The second kappa shape index (κ2) is 13.7. The summed E-state index contributed by atoms with van der Waals surface area (Å²) in [7, 11) is 0. The summed E-state index contributed by atoms with van der Waals surface area (Å²) in [6, 6.07) is 0. The van der Waals surface area contributed by atoms with Crippen molar-refractivity contribution >= 4 is 30.0 Å². The molecule has 7 N–H and O–H groups in total. The molecule has 0 radical (unpaired) electrons. The first kappa shape index (κ1) is 27.5. The second-order valence-corrected chi connectivity index (χ2v) is 6.89. The van der Waals surface area contributed by atoms with Crippen molar-refractivity contribution in [2.45, 2.75) is 19.0 Å². The van der Waals surface area contributed by atoms with Gasteiger partial charge in [0.1, 0.15) is 11.9 Å². The van der Waals surface area contributed by atoms with E-state index in [-0.39, 0.29) is 58.8 Å². The molecule has 30 heavy (non-hydrogen) atoms. The molecule has 0 aliphatic carbocycles. The van der Waals surface area contributed by atoms with Crippen molar-refractivity contribution in [3.05, 3.63) is 0 Å². The number of carboxylic acid groups (broad SMARTS) is 3. The third-order valence-corrected chi connectivity index (χ3v) is 4.35. The Morgan fingerprint density at radius 1 is 0.767 bits per heavy atom. The highest BCUT2D eigenvalue weighted by atomic mass is 16.4. The zero-order valence-electron chi connectivity index (χ0n) is 17.0. The summed E-state index contributed by atoms with van der Waals surface area (Å²) in [5, 5.41) is 27.0. The van der Waals surface area contributed by atoms with Crippen molar-refractivity contribution in [3.63, 3.8) is 0 Å². The first-order chi connectivity index (χ1) is 13.9. The number of aldehydes is 1. The maximum Gasteiger partial charge on any atom is 0.317 e. The molecule has 0 fully saturated rings. The first-order valence-corrected chi connectivity index (χ1v) is 9.28. The number of ketones is 1. The molecule has 0 atom stereocenters. The van der Waals surface area contributed by atoms with Crippen LogP contribution in [0.25, 0.3) is 0 Å². The SMILES string of the molecule is CCC(N)(N)C(=O)CN(CCN(CCN(CC=O)CC(=O)O)CC(=O)O)CC(=O)O. The van der Waals surface area contributed by atoms with E-state index < -0.39 is 35.9 Å². The second-order valence-electron chi connectivity index (χ2n) is 6.89. The number of hydrogen-bond donors (Lipinski definition) is 5. The Balaban J connectivity index is 5.05. The molecule has 0 aromatic carbocycles. The Hall–Kier alpha value is -2.45. The molecule has 0 aliphatic rings. The van der Waals surface area contributed by atoms with Gasteiger partial charge in [0.2, 0.25) is 0 Å². The number of carboxylic acids is 3. The van der Waals surface area contributed by atoms with Crippen LogP contribution in [0.1, 0.15) is 13.3 Å². The number of rotatable bonds is 18. The molecule has 0 aliphatic heterocycles. The van der Waals surface area contributed by atoms with Crippen LogP contribution in [-0.2, 0) is 24.0 Å². The van der Waals surface area contributed by atoms with E-state index in [2.05, 4.69) is 0 Å². The maximum absolute atomic E-state index is 12.2. The van der Waals surface area contributed by atoms with Crippen LogP contribution in [0.15, 0.2) is 0 Å². The van der Waals surface area contributed by atoms with Crippen LogP contribution in [0, 0.1) is 0 Å². The smallest absolute Gasteiger partial charge is 0.317 e. The molecule has 0 saturated heterocycles. The summed E-state index contributed by atoms with van der Waals surface area (Å²) < 4.78 is 0. The van der Waals surface area contributed by atoms with Gasteiger partial charge in [-0.05, 0) is 6.42 Å². The van der Waals surface area contributed by atoms with Crippen LogP contribution in [0.3, 0.4) is 0 Å². The van der Waals surface area contributed by atoms with E-state index in [4.69, 9.17) is 26.8 Å². The molecule has 0 saturated carbocycles. The Kier molecular flexibility index (Phi) is 12.6. The lowest BCUT2D eigenvalue weighted by Gasteiger charge is -2.29. The Morgan fingerprint density at radius 2 is 1.17 bits per heavy atom. The minimum absolute atomic E-state index is 0.0394. The number of nitrogens with zero attached hydrogens (tertiary/aromatic N) is 3. The summed E-state index contributed by atoms with van der Waals surface area (Å²) >= 11 is 0. The molecule has 0 aromatic rings. The molecular formula is C17H31N5O8. The highest BCUT2D eigenvalue weighted by molar-refractivity contribution is 5.89. The van der Waals surface area contributed by atoms with Gasteiger partial charge in [-0.3, -0.25) is 33.9 Å². The van der Waals surface area contributed by atoms with Gasteiger partial charge in [0.15, 0.2) is 5.78 Å². The van der Waals surface area contributed by atoms with Crippen molar-refractivity contribution in [3.8, 4) is 0 Å². The predicted octanol–water partition coefficient (Wildman–Crippen LogP) is -3.06. The van der Waals surface area contributed by atoms with Crippen LogP contribution in [-0.4, -0.2) is 125 Å². The van der Waals surface area contributed by atoms with E-state index in [9.17, 15) is 24.0 Å². The van der Waals surface area contributed by atoms with Gasteiger partial charge in [-0.25, -0.2) is 0 Å². The normalized spacial score (nSPS) is 11.8. The fourth-order valence-corrected chi connectivity index (χ4v) is 2.51. The molecule has 0 bridgehead atoms. The highest BCUT2D eigenvalue weighted by Gasteiger charge is 2.29. The molecular weight excluding hydrogens is 402 g/mol. The maximum atomic E-state index is 12.2. The average molecular weight is 433 g/mol. The number of Topliss-reactive ketones (excluding diaryl/α,β-unsaturated/α-hetero) is 1. The summed E-state index contributed by atoms with van der Waals surface area (Å²) in [5.41, 5.74) is 9.79. The van der Waals surface area contributed by atoms with E-state index in [0.717, 1.165) is 0 Å². The number of carbonyl (C=O) groups is 5. The fourth-order valence-electron chi connectivity index (χ4n) is 2.51. The van der Waals surface area contributed by atoms with Crippen molar-refractivity contribution in [2.75, 3.05) is 58.9 Å². The summed E-state index contributed by atoms with van der Waals surface area (Å²) in [6.45, 7) is 0.299. The van der Waals surface area contributed by atoms with Gasteiger partial charge in [-0.15, -0.1) is 0 Å². The van der Waals surface area contributed by atoms with E-state index >= 15 is 0 Å². The molecule has 0 spiro atoms. The zero-order chi connectivity index (χ0) is 23.3. The lowest BCUT2D eigenvalue weighted by Crippen LogP contribution is -2.59. The number of carbonyl (C=O) groups excluding carboxylic acids is 2. The van der Waals surface area contributed by atoms with Gasteiger partial charge < -0.3 is 31.6 Å². The standard InChI is InChI=1S/C17H31N5O8/c1-2-17(18,19)13(24)9-22(12-16(29)30)6-5-20(10-14(25)26)3-4-21(7-8-23)11-15(27)28/h8H,2-7,9-12,18-19H2,1H3,(H,25,26)(H,27,28)(H,29,30). The fraction of sp³-hybridized carbons (Fsp3) is 0.706. The quantitative estimate of drug-likeness (QED) is 0.108. The molecule has 0 amide bonds. The largest absolute Gasteiger partial charge is 0.480 e. The van der Waals surface area contributed by atoms with E-state index in [1.54, 1.807) is 6.92 Å². The third kappa shape index (κ3) is 12.2. The van der Waals surface area contributed by atoms with Gasteiger partial charge in [0.05, 0.1) is 32.7 Å². The lowest BCUT2D eigenvalue weighted by atomic mass is 10.0.